The predicted octanol–water partition coefficient (Wildman–Crippen LogP) is 5.00. The van der Waals surface area contributed by atoms with Gasteiger partial charge in [-0.15, -0.1) is 0 Å². The molecule has 0 aliphatic carbocycles. The van der Waals surface area contributed by atoms with E-state index in [0.717, 1.165) is 27.8 Å². The molecule has 2 N–H and O–H groups in total. The molecule has 0 atom stereocenters. The molecule has 0 bridgehead atoms. The van der Waals surface area contributed by atoms with Gasteiger partial charge in [-0.25, -0.2) is 0 Å². The summed E-state index contributed by atoms with van der Waals surface area (Å²) in [6.07, 6.45) is 1.54. The van der Waals surface area contributed by atoms with Crippen LogP contribution in [0.3, 0.4) is 0 Å². The Morgan fingerprint density at radius 3 is 2.41 bits per heavy atom. The van der Waals surface area contributed by atoms with Crippen molar-refractivity contribution in [2.24, 2.45) is 0 Å². The monoisotopic (exact) mass is 545 g/mol. The van der Waals surface area contributed by atoms with Crippen molar-refractivity contribution in [2.75, 3.05) is 30.9 Å². The van der Waals surface area contributed by atoms with Crippen LogP contribution < -0.4 is 20.1 Å². The van der Waals surface area contributed by atoms with Gasteiger partial charge in [0.05, 0.1) is 12.0 Å². The number of benzene rings is 3. The van der Waals surface area contributed by atoms with Crippen molar-refractivity contribution in [3.63, 3.8) is 0 Å². The third kappa shape index (κ3) is 7.05. The molecule has 1 saturated heterocycles. The summed E-state index contributed by atoms with van der Waals surface area (Å²) in [5.41, 5.74) is 3.92. The van der Waals surface area contributed by atoms with Gasteiger partial charge in [-0.3, -0.25) is 24.1 Å². The Labute approximate surface area is 230 Å². The summed E-state index contributed by atoms with van der Waals surface area (Å²) in [7, 11) is 1.46. The topological polar surface area (TPSA) is 114 Å². The fourth-order valence-corrected chi connectivity index (χ4v) is 4.67. The maximum atomic E-state index is 12.8. The second-order valence-electron chi connectivity index (χ2n) is 8.75. The van der Waals surface area contributed by atoms with Crippen LogP contribution in [0, 0.1) is 13.8 Å². The van der Waals surface area contributed by atoms with E-state index in [1.54, 1.807) is 48.5 Å². The first-order chi connectivity index (χ1) is 18.7. The Balaban J connectivity index is 1.38. The average Bonchev–Trinajstić information content (AvgIpc) is 3.17. The molecule has 0 unspecified atom stereocenters. The molecule has 0 saturated carbocycles. The molecule has 0 spiro atoms. The number of anilines is 2. The summed E-state index contributed by atoms with van der Waals surface area (Å²) in [4.78, 5) is 51.1. The molecule has 10 heteroatoms. The van der Waals surface area contributed by atoms with Crippen molar-refractivity contribution < 1.29 is 28.7 Å². The first kappa shape index (κ1) is 27.5. The SMILES string of the molecule is COc1cc(/C=C2\SC(=O)N(CC(=O)Nc3ccccc3)C2=O)ccc1OCC(=O)Nc1ccc(C)cc1C. The molecule has 0 aromatic heterocycles. The van der Waals surface area contributed by atoms with Crippen LogP contribution in [0.15, 0.2) is 71.6 Å². The average molecular weight is 546 g/mol. The van der Waals surface area contributed by atoms with Crippen LogP contribution in [0.25, 0.3) is 6.08 Å². The number of hydrogen-bond donors (Lipinski definition) is 2. The highest BCUT2D eigenvalue weighted by molar-refractivity contribution is 8.18. The van der Waals surface area contributed by atoms with E-state index in [1.807, 2.05) is 38.1 Å². The normalized spacial score (nSPS) is 13.9. The lowest BCUT2D eigenvalue weighted by Crippen LogP contribution is -2.36. The van der Waals surface area contributed by atoms with Crippen LogP contribution >= 0.6 is 11.8 Å². The lowest BCUT2D eigenvalue weighted by Gasteiger charge is -2.13. The summed E-state index contributed by atoms with van der Waals surface area (Å²) < 4.78 is 11.1. The third-order valence-corrected chi connectivity index (χ3v) is 6.64. The van der Waals surface area contributed by atoms with Gasteiger partial charge in [0, 0.05) is 11.4 Å². The van der Waals surface area contributed by atoms with Crippen molar-refractivity contribution >= 4 is 52.2 Å². The maximum absolute atomic E-state index is 12.8. The second kappa shape index (κ2) is 12.3. The minimum absolute atomic E-state index is 0.177. The van der Waals surface area contributed by atoms with E-state index in [2.05, 4.69) is 10.6 Å². The van der Waals surface area contributed by atoms with E-state index in [4.69, 9.17) is 9.47 Å². The Morgan fingerprint density at radius 1 is 0.923 bits per heavy atom. The van der Waals surface area contributed by atoms with Crippen LogP contribution in [-0.2, 0) is 14.4 Å². The van der Waals surface area contributed by atoms with Crippen LogP contribution in [0.1, 0.15) is 16.7 Å². The highest BCUT2D eigenvalue weighted by atomic mass is 32.2. The lowest BCUT2D eigenvalue weighted by atomic mass is 10.1. The second-order valence-corrected chi connectivity index (χ2v) is 9.74. The number of nitrogens with zero attached hydrogens (tertiary/aromatic N) is 1. The molecule has 1 heterocycles. The predicted molar refractivity (Wildman–Crippen MR) is 151 cm³/mol. The number of para-hydroxylation sites is 1. The minimum Gasteiger partial charge on any atom is -0.493 e. The van der Waals surface area contributed by atoms with E-state index in [0.29, 0.717) is 28.4 Å². The molecule has 3 aromatic carbocycles. The number of methoxy groups -OCH3 is 1. The zero-order valence-electron chi connectivity index (χ0n) is 21.6. The molecular formula is C29H27N3O6S. The zero-order chi connectivity index (χ0) is 27.9. The number of imide groups is 1. The zero-order valence-corrected chi connectivity index (χ0v) is 22.5. The first-order valence-electron chi connectivity index (χ1n) is 12.0. The van der Waals surface area contributed by atoms with Gasteiger partial charge in [0.15, 0.2) is 18.1 Å². The Hall–Kier alpha value is -4.57. The summed E-state index contributed by atoms with van der Waals surface area (Å²) in [5, 5.41) is 4.96. The number of amides is 4. The number of hydrogen-bond acceptors (Lipinski definition) is 7. The third-order valence-electron chi connectivity index (χ3n) is 5.73. The van der Waals surface area contributed by atoms with Crippen LogP contribution in [0.5, 0.6) is 11.5 Å². The smallest absolute Gasteiger partial charge is 0.294 e. The van der Waals surface area contributed by atoms with Gasteiger partial charge in [-0.05, 0) is 73.1 Å². The molecule has 9 nitrogen and oxygen atoms in total. The largest absolute Gasteiger partial charge is 0.493 e. The maximum Gasteiger partial charge on any atom is 0.294 e. The molecule has 39 heavy (non-hydrogen) atoms. The molecular weight excluding hydrogens is 518 g/mol. The van der Waals surface area contributed by atoms with Gasteiger partial charge in [0.1, 0.15) is 6.54 Å². The van der Waals surface area contributed by atoms with Gasteiger partial charge in [-0.2, -0.15) is 0 Å². The van der Waals surface area contributed by atoms with Crippen molar-refractivity contribution in [3.05, 3.63) is 88.3 Å². The molecule has 0 radical (unpaired) electrons. The van der Waals surface area contributed by atoms with E-state index in [-0.39, 0.29) is 17.4 Å². The fourth-order valence-electron chi connectivity index (χ4n) is 3.83. The minimum atomic E-state index is -0.560. The molecule has 1 aliphatic heterocycles. The number of ether oxygens (including phenoxy) is 2. The van der Waals surface area contributed by atoms with Crippen LogP contribution in [0.4, 0.5) is 16.2 Å². The molecule has 1 fully saturated rings. The van der Waals surface area contributed by atoms with Gasteiger partial charge in [0.2, 0.25) is 5.91 Å². The van der Waals surface area contributed by atoms with Crippen molar-refractivity contribution in [2.45, 2.75) is 13.8 Å². The van der Waals surface area contributed by atoms with Gasteiger partial charge in [0.25, 0.3) is 17.1 Å². The lowest BCUT2D eigenvalue weighted by molar-refractivity contribution is -0.127. The van der Waals surface area contributed by atoms with E-state index in [9.17, 15) is 19.2 Å². The van der Waals surface area contributed by atoms with Gasteiger partial charge in [-0.1, -0.05) is 42.0 Å². The van der Waals surface area contributed by atoms with Crippen LogP contribution in [-0.4, -0.2) is 48.1 Å². The number of carbonyl (C=O) groups is 4. The number of aryl methyl sites for hydroxylation is 2. The van der Waals surface area contributed by atoms with E-state index >= 15 is 0 Å². The molecule has 1 aliphatic rings. The van der Waals surface area contributed by atoms with Crippen molar-refractivity contribution in [1.82, 2.24) is 4.90 Å². The molecule has 4 rings (SSSR count). The number of rotatable bonds is 9. The first-order valence-corrected chi connectivity index (χ1v) is 12.8. The summed E-state index contributed by atoms with van der Waals surface area (Å²) in [6, 6.07) is 19.4. The number of nitrogens with one attached hydrogen (secondary N) is 2. The van der Waals surface area contributed by atoms with Crippen molar-refractivity contribution in [1.29, 1.82) is 0 Å². The number of carbonyl (C=O) groups excluding carboxylic acids is 4. The van der Waals surface area contributed by atoms with Gasteiger partial charge < -0.3 is 20.1 Å². The Bertz CT molecular complexity index is 1450. The summed E-state index contributed by atoms with van der Waals surface area (Å²) >= 11 is 0.753. The molecule has 4 amide bonds. The molecule has 3 aromatic rings. The fraction of sp³-hybridized carbons (Fsp3) is 0.172. The number of thioether (sulfide) groups is 1. The summed E-state index contributed by atoms with van der Waals surface area (Å²) in [6.45, 7) is 3.28. The highest BCUT2D eigenvalue weighted by Crippen LogP contribution is 2.34. The standard InChI is InChI=1S/C29H27N3O6S/c1-18-9-11-22(19(2)13-18)31-27(34)17-38-23-12-10-20(14-24(23)37-3)15-25-28(35)32(29(36)39-25)16-26(33)30-21-7-5-4-6-8-21/h4-15H,16-17H2,1-3H3,(H,30,33)(H,31,34)/b25-15-. The quantitative estimate of drug-likeness (QED) is 0.364. The highest BCUT2D eigenvalue weighted by Gasteiger charge is 2.36. The van der Waals surface area contributed by atoms with Crippen LogP contribution in [0.2, 0.25) is 0 Å². The van der Waals surface area contributed by atoms with E-state index < -0.39 is 23.6 Å². The summed E-state index contributed by atoms with van der Waals surface area (Å²) in [5.74, 6) is -0.663. The molecule has 200 valence electrons. The van der Waals surface area contributed by atoms with E-state index in [1.165, 1.54) is 7.11 Å². The Kier molecular flexibility index (Phi) is 8.67. The van der Waals surface area contributed by atoms with Crippen molar-refractivity contribution in [3.8, 4) is 11.5 Å². The Morgan fingerprint density at radius 2 is 1.69 bits per heavy atom. The van der Waals surface area contributed by atoms with Gasteiger partial charge >= 0.3 is 0 Å².